The predicted octanol–water partition coefficient (Wildman–Crippen LogP) is 1.21. The van der Waals surface area contributed by atoms with E-state index >= 15 is 0 Å². The molecule has 0 amide bonds. The SMILES string of the molecule is Cn1cc(CC2CCN(S(=O)(=O)c3cccc4nonc34)C2)cn1. The molecule has 126 valence electrons. The molecule has 0 saturated carbocycles. The van der Waals surface area contributed by atoms with E-state index in [1.807, 2.05) is 19.4 Å². The molecule has 1 aliphatic heterocycles. The molecule has 1 saturated heterocycles. The first kappa shape index (κ1) is 15.3. The molecule has 0 radical (unpaired) electrons. The highest BCUT2D eigenvalue weighted by molar-refractivity contribution is 7.89. The zero-order valence-electron chi connectivity index (χ0n) is 13.2. The van der Waals surface area contributed by atoms with E-state index < -0.39 is 10.0 Å². The van der Waals surface area contributed by atoms with E-state index in [4.69, 9.17) is 0 Å². The van der Waals surface area contributed by atoms with Crippen molar-refractivity contribution in [3.63, 3.8) is 0 Å². The standard InChI is InChI=1S/C15H17N5O3S/c1-19-9-12(8-16-19)7-11-5-6-20(10-11)24(21,22)14-4-2-3-13-15(14)18-23-17-13/h2-4,8-9,11H,5-7,10H2,1H3. The molecule has 1 atom stereocenters. The second kappa shape index (κ2) is 5.67. The Bertz CT molecular complexity index is 978. The lowest BCUT2D eigenvalue weighted by Gasteiger charge is -2.16. The Kier molecular flexibility index (Phi) is 3.61. The third-order valence-electron chi connectivity index (χ3n) is 4.40. The van der Waals surface area contributed by atoms with Crippen LogP contribution in [0.4, 0.5) is 0 Å². The van der Waals surface area contributed by atoms with Crippen LogP contribution in [0, 0.1) is 5.92 Å². The summed E-state index contributed by atoms with van der Waals surface area (Å²) in [6.45, 7) is 1.01. The summed E-state index contributed by atoms with van der Waals surface area (Å²) in [6.07, 6.45) is 5.47. The van der Waals surface area contributed by atoms with Crippen LogP contribution in [0.15, 0.2) is 40.1 Å². The number of aromatic nitrogens is 4. The van der Waals surface area contributed by atoms with Gasteiger partial charge in [0.2, 0.25) is 10.0 Å². The fraction of sp³-hybridized carbons (Fsp3) is 0.400. The molecule has 9 heteroatoms. The van der Waals surface area contributed by atoms with Crippen molar-refractivity contribution in [3.05, 3.63) is 36.2 Å². The van der Waals surface area contributed by atoms with Gasteiger partial charge in [-0.05, 0) is 46.8 Å². The second-order valence-corrected chi connectivity index (χ2v) is 8.04. The molecule has 4 rings (SSSR count). The van der Waals surface area contributed by atoms with Gasteiger partial charge in [-0.3, -0.25) is 4.68 Å². The first-order valence-electron chi connectivity index (χ1n) is 7.73. The molecule has 3 heterocycles. The van der Waals surface area contributed by atoms with Crippen LogP contribution < -0.4 is 0 Å². The Morgan fingerprint density at radius 2 is 2.21 bits per heavy atom. The van der Waals surface area contributed by atoms with Crippen LogP contribution in [0.2, 0.25) is 0 Å². The van der Waals surface area contributed by atoms with Gasteiger partial charge in [0, 0.05) is 26.3 Å². The van der Waals surface area contributed by atoms with E-state index in [1.54, 1.807) is 22.9 Å². The summed E-state index contributed by atoms with van der Waals surface area (Å²) < 4.78 is 33.9. The average Bonchev–Trinajstić information content (AvgIpc) is 3.28. The summed E-state index contributed by atoms with van der Waals surface area (Å²) in [5.74, 6) is 0.290. The maximum Gasteiger partial charge on any atom is 0.245 e. The van der Waals surface area contributed by atoms with Gasteiger partial charge in [-0.1, -0.05) is 6.07 Å². The third kappa shape index (κ3) is 2.59. The highest BCUT2D eigenvalue weighted by Gasteiger charge is 2.34. The Morgan fingerprint density at radius 3 is 3.00 bits per heavy atom. The molecule has 0 bridgehead atoms. The number of hydrogen-bond acceptors (Lipinski definition) is 6. The molecule has 1 aliphatic rings. The van der Waals surface area contributed by atoms with Crippen molar-refractivity contribution in [1.29, 1.82) is 0 Å². The largest absolute Gasteiger partial charge is 0.276 e. The van der Waals surface area contributed by atoms with Gasteiger partial charge >= 0.3 is 0 Å². The van der Waals surface area contributed by atoms with Crippen molar-refractivity contribution in [2.45, 2.75) is 17.7 Å². The fourth-order valence-corrected chi connectivity index (χ4v) is 4.89. The van der Waals surface area contributed by atoms with Crippen LogP contribution in [-0.2, 0) is 23.5 Å². The zero-order valence-corrected chi connectivity index (χ0v) is 14.0. The van der Waals surface area contributed by atoms with Crippen LogP contribution in [0.5, 0.6) is 0 Å². The van der Waals surface area contributed by atoms with Crippen LogP contribution in [0.3, 0.4) is 0 Å². The molecule has 0 spiro atoms. The Labute approximate surface area is 139 Å². The van der Waals surface area contributed by atoms with Crippen molar-refractivity contribution in [2.75, 3.05) is 13.1 Å². The number of benzene rings is 1. The molecule has 0 N–H and O–H groups in total. The van der Waals surface area contributed by atoms with Gasteiger partial charge in [0.1, 0.15) is 10.4 Å². The van der Waals surface area contributed by atoms with Gasteiger partial charge in [0.15, 0.2) is 5.52 Å². The monoisotopic (exact) mass is 347 g/mol. The van der Waals surface area contributed by atoms with E-state index in [1.165, 1.54) is 4.31 Å². The Balaban J connectivity index is 1.56. The molecule has 8 nitrogen and oxygen atoms in total. The maximum absolute atomic E-state index is 12.9. The lowest BCUT2D eigenvalue weighted by Crippen LogP contribution is -2.29. The van der Waals surface area contributed by atoms with Crippen molar-refractivity contribution in [1.82, 2.24) is 24.4 Å². The smallest absolute Gasteiger partial charge is 0.245 e. The lowest BCUT2D eigenvalue weighted by atomic mass is 10.0. The molecule has 1 aromatic carbocycles. The Morgan fingerprint density at radius 1 is 1.33 bits per heavy atom. The fourth-order valence-electron chi connectivity index (χ4n) is 3.22. The number of sulfonamides is 1. The summed E-state index contributed by atoms with van der Waals surface area (Å²) in [7, 11) is -1.73. The molecule has 3 aromatic rings. The zero-order chi connectivity index (χ0) is 16.7. The number of hydrogen-bond donors (Lipinski definition) is 0. The van der Waals surface area contributed by atoms with Crippen LogP contribution in [0.1, 0.15) is 12.0 Å². The first-order chi connectivity index (χ1) is 11.5. The van der Waals surface area contributed by atoms with Gasteiger partial charge in [-0.2, -0.15) is 9.40 Å². The maximum atomic E-state index is 12.9. The second-order valence-electron chi connectivity index (χ2n) is 6.13. The van der Waals surface area contributed by atoms with Crippen molar-refractivity contribution < 1.29 is 13.0 Å². The molecule has 1 fully saturated rings. The number of aryl methyl sites for hydroxylation is 1. The van der Waals surface area contributed by atoms with Gasteiger partial charge in [-0.15, -0.1) is 0 Å². The summed E-state index contributed by atoms with van der Waals surface area (Å²) in [5, 5.41) is 11.6. The number of fused-ring (bicyclic) bond motifs is 1. The summed E-state index contributed by atoms with van der Waals surface area (Å²) in [5.41, 5.74) is 1.86. The highest BCUT2D eigenvalue weighted by Crippen LogP contribution is 2.29. The summed E-state index contributed by atoms with van der Waals surface area (Å²) in [4.78, 5) is 0.156. The normalized spacial score (nSPS) is 19.3. The lowest BCUT2D eigenvalue weighted by molar-refractivity contribution is 0.315. The van der Waals surface area contributed by atoms with E-state index in [0.717, 1.165) is 18.4 Å². The molecule has 0 aliphatic carbocycles. The summed E-state index contributed by atoms with van der Waals surface area (Å²) >= 11 is 0. The van der Waals surface area contributed by atoms with Crippen molar-refractivity contribution >= 4 is 21.1 Å². The quantitative estimate of drug-likeness (QED) is 0.704. The molecule has 24 heavy (non-hydrogen) atoms. The minimum Gasteiger partial charge on any atom is -0.276 e. The topological polar surface area (TPSA) is 94.1 Å². The van der Waals surface area contributed by atoms with Crippen LogP contribution >= 0.6 is 0 Å². The average molecular weight is 347 g/mol. The van der Waals surface area contributed by atoms with Gasteiger partial charge in [-0.25, -0.2) is 13.0 Å². The predicted molar refractivity (Wildman–Crippen MR) is 85.6 cm³/mol. The summed E-state index contributed by atoms with van der Waals surface area (Å²) in [6, 6.07) is 4.89. The Hall–Kier alpha value is -2.26. The van der Waals surface area contributed by atoms with Crippen LogP contribution in [0.25, 0.3) is 11.0 Å². The van der Waals surface area contributed by atoms with Gasteiger partial charge < -0.3 is 0 Å². The minimum absolute atomic E-state index is 0.156. The molecule has 1 unspecified atom stereocenters. The van der Waals surface area contributed by atoms with E-state index in [0.29, 0.717) is 24.5 Å². The van der Waals surface area contributed by atoms with E-state index in [9.17, 15) is 8.42 Å². The molecular weight excluding hydrogens is 330 g/mol. The molecular formula is C15H17N5O3S. The van der Waals surface area contributed by atoms with Crippen molar-refractivity contribution in [2.24, 2.45) is 13.0 Å². The van der Waals surface area contributed by atoms with Crippen molar-refractivity contribution in [3.8, 4) is 0 Å². The van der Waals surface area contributed by atoms with Gasteiger partial charge in [0.05, 0.1) is 6.20 Å². The first-order valence-corrected chi connectivity index (χ1v) is 9.17. The van der Waals surface area contributed by atoms with Crippen LogP contribution in [-0.4, -0.2) is 45.9 Å². The number of nitrogens with zero attached hydrogens (tertiary/aromatic N) is 5. The van der Waals surface area contributed by atoms with E-state index in [2.05, 4.69) is 20.0 Å². The highest BCUT2D eigenvalue weighted by atomic mass is 32.2. The van der Waals surface area contributed by atoms with E-state index in [-0.39, 0.29) is 10.4 Å². The number of rotatable bonds is 4. The molecule has 2 aromatic heterocycles. The van der Waals surface area contributed by atoms with Gasteiger partial charge in [0.25, 0.3) is 0 Å². The third-order valence-corrected chi connectivity index (χ3v) is 6.29. The minimum atomic E-state index is -3.61.